The van der Waals surface area contributed by atoms with Gasteiger partial charge < -0.3 is 15.4 Å². The van der Waals surface area contributed by atoms with E-state index in [1.807, 2.05) is 48.5 Å². The largest absolute Gasteiger partial charge is 0.494 e. The van der Waals surface area contributed by atoms with E-state index in [0.29, 0.717) is 0 Å². The van der Waals surface area contributed by atoms with Crippen LogP contribution in [0.4, 0.5) is 11.4 Å². The number of rotatable bonds is 10. The van der Waals surface area contributed by atoms with E-state index in [4.69, 9.17) is 4.74 Å². The Kier molecular flexibility index (Phi) is 8.32. The van der Waals surface area contributed by atoms with E-state index in [-0.39, 0.29) is 12.5 Å². The molecule has 2 aromatic carbocycles. The monoisotopic (exact) mass is 404 g/mol. The molecule has 0 bridgehead atoms. The van der Waals surface area contributed by atoms with Crippen molar-refractivity contribution in [2.24, 2.45) is 0 Å². The summed E-state index contributed by atoms with van der Waals surface area (Å²) in [7, 11) is 0. The van der Waals surface area contributed by atoms with Gasteiger partial charge in [0.1, 0.15) is 5.75 Å². The Morgan fingerprint density at radius 1 is 1.04 bits per heavy atom. The average molecular weight is 405 g/mol. The molecule has 0 aromatic heterocycles. The maximum absolute atomic E-state index is 12.0. The third kappa shape index (κ3) is 7.18. The lowest BCUT2D eigenvalue weighted by Gasteiger charge is -2.10. The van der Waals surface area contributed by atoms with Crippen LogP contribution < -0.4 is 15.4 Å². The summed E-state index contributed by atoms with van der Waals surface area (Å²) in [5.41, 5.74) is 1.65. The summed E-state index contributed by atoms with van der Waals surface area (Å²) in [5, 5.41) is 5.98. The molecular formula is C20H25BrN2O2. The fraction of sp³-hybridized carbons (Fsp3) is 0.350. The summed E-state index contributed by atoms with van der Waals surface area (Å²) >= 11 is 3.41. The summed E-state index contributed by atoms with van der Waals surface area (Å²) < 4.78 is 6.58. The van der Waals surface area contributed by atoms with Crippen LogP contribution in [0.1, 0.15) is 32.6 Å². The molecule has 0 spiro atoms. The first-order valence-electron chi connectivity index (χ1n) is 8.70. The molecule has 1 amide bonds. The van der Waals surface area contributed by atoms with Crippen LogP contribution in [-0.4, -0.2) is 19.1 Å². The number of benzene rings is 2. The number of unbranched alkanes of at least 4 members (excludes halogenated alkanes) is 3. The van der Waals surface area contributed by atoms with Crippen LogP contribution in [0, 0.1) is 0 Å². The number of carbonyl (C=O) groups excluding carboxylic acids is 1. The molecule has 25 heavy (non-hydrogen) atoms. The van der Waals surface area contributed by atoms with Crippen molar-refractivity contribution in [3.63, 3.8) is 0 Å². The van der Waals surface area contributed by atoms with Gasteiger partial charge in [-0.05, 0) is 58.7 Å². The number of hydrogen-bond donors (Lipinski definition) is 2. The third-order valence-electron chi connectivity index (χ3n) is 3.72. The topological polar surface area (TPSA) is 50.4 Å². The molecule has 0 heterocycles. The Morgan fingerprint density at radius 3 is 2.52 bits per heavy atom. The van der Waals surface area contributed by atoms with Crippen LogP contribution in [0.2, 0.25) is 0 Å². The molecule has 0 unspecified atom stereocenters. The zero-order chi connectivity index (χ0) is 17.9. The van der Waals surface area contributed by atoms with E-state index in [0.717, 1.165) is 34.6 Å². The average Bonchev–Trinajstić information content (AvgIpc) is 2.63. The van der Waals surface area contributed by atoms with E-state index in [1.165, 1.54) is 19.3 Å². The summed E-state index contributed by atoms with van der Waals surface area (Å²) in [6.07, 6.45) is 4.79. The second-order valence-corrected chi connectivity index (χ2v) is 6.67. The molecule has 2 rings (SSSR count). The van der Waals surface area contributed by atoms with Crippen LogP contribution >= 0.6 is 15.9 Å². The second-order valence-electron chi connectivity index (χ2n) is 5.82. The molecular weight excluding hydrogens is 380 g/mol. The molecule has 0 radical (unpaired) electrons. The van der Waals surface area contributed by atoms with Crippen molar-refractivity contribution in [1.29, 1.82) is 0 Å². The Morgan fingerprint density at radius 2 is 1.80 bits per heavy atom. The normalized spacial score (nSPS) is 10.3. The zero-order valence-electron chi connectivity index (χ0n) is 14.6. The number of anilines is 2. The Hall–Kier alpha value is -2.01. The van der Waals surface area contributed by atoms with Crippen LogP contribution in [0.3, 0.4) is 0 Å². The van der Waals surface area contributed by atoms with Crippen molar-refractivity contribution in [1.82, 2.24) is 0 Å². The number of ether oxygens (including phenoxy) is 1. The SMILES string of the molecule is CCCCCCOc1ccc(NCC(=O)Nc2ccccc2Br)cc1. The van der Waals surface area contributed by atoms with Crippen LogP contribution in [0.15, 0.2) is 53.0 Å². The third-order valence-corrected chi connectivity index (χ3v) is 4.41. The van der Waals surface area contributed by atoms with Gasteiger partial charge in [0.15, 0.2) is 0 Å². The quantitative estimate of drug-likeness (QED) is 0.516. The van der Waals surface area contributed by atoms with Crippen LogP contribution in [0.5, 0.6) is 5.75 Å². The lowest BCUT2D eigenvalue weighted by molar-refractivity contribution is -0.114. The van der Waals surface area contributed by atoms with Gasteiger partial charge in [-0.2, -0.15) is 0 Å². The molecule has 2 N–H and O–H groups in total. The molecule has 0 aliphatic heterocycles. The van der Waals surface area contributed by atoms with Gasteiger partial charge in [0.2, 0.25) is 5.91 Å². The molecule has 0 saturated heterocycles. The van der Waals surface area contributed by atoms with Gasteiger partial charge >= 0.3 is 0 Å². The van der Waals surface area contributed by atoms with Gasteiger partial charge in [0.25, 0.3) is 0 Å². The van der Waals surface area contributed by atoms with E-state index in [9.17, 15) is 4.79 Å². The molecule has 0 aliphatic carbocycles. The van der Waals surface area contributed by atoms with Gasteiger partial charge in [-0.15, -0.1) is 0 Å². The highest BCUT2D eigenvalue weighted by molar-refractivity contribution is 9.10. The first kappa shape index (κ1) is 19.3. The zero-order valence-corrected chi connectivity index (χ0v) is 16.1. The predicted octanol–water partition coefficient (Wildman–Crippen LogP) is 5.46. The molecule has 2 aromatic rings. The van der Waals surface area contributed by atoms with Gasteiger partial charge in [0.05, 0.1) is 18.8 Å². The highest BCUT2D eigenvalue weighted by atomic mass is 79.9. The summed E-state index contributed by atoms with van der Waals surface area (Å²) in [4.78, 5) is 12.0. The molecule has 4 nitrogen and oxygen atoms in total. The van der Waals surface area contributed by atoms with Crippen molar-refractivity contribution in [3.8, 4) is 5.75 Å². The highest BCUT2D eigenvalue weighted by Gasteiger charge is 2.05. The molecule has 0 atom stereocenters. The summed E-state index contributed by atoms with van der Waals surface area (Å²) in [6, 6.07) is 15.2. The number of hydrogen-bond acceptors (Lipinski definition) is 3. The van der Waals surface area contributed by atoms with E-state index in [1.54, 1.807) is 0 Å². The van der Waals surface area contributed by atoms with E-state index >= 15 is 0 Å². The Balaban J connectivity index is 1.72. The minimum Gasteiger partial charge on any atom is -0.494 e. The molecule has 0 aliphatic rings. The van der Waals surface area contributed by atoms with Crippen molar-refractivity contribution in [2.75, 3.05) is 23.8 Å². The summed E-state index contributed by atoms with van der Waals surface area (Å²) in [6.45, 7) is 3.16. The van der Waals surface area contributed by atoms with Crippen LogP contribution in [0.25, 0.3) is 0 Å². The first-order valence-corrected chi connectivity index (χ1v) is 9.49. The Bertz CT molecular complexity index is 659. The van der Waals surface area contributed by atoms with Crippen LogP contribution in [-0.2, 0) is 4.79 Å². The number of para-hydroxylation sites is 1. The molecule has 0 saturated carbocycles. The van der Waals surface area contributed by atoms with Gasteiger partial charge in [-0.3, -0.25) is 4.79 Å². The number of amides is 1. The maximum atomic E-state index is 12.0. The van der Waals surface area contributed by atoms with Crippen molar-refractivity contribution >= 4 is 33.2 Å². The standard InChI is InChI=1S/C20H25BrN2O2/c1-2-3-4-7-14-25-17-12-10-16(11-13-17)22-15-20(24)23-19-9-6-5-8-18(19)21/h5-6,8-13,22H,2-4,7,14-15H2,1H3,(H,23,24). The lowest BCUT2D eigenvalue weighted by atomic mass is 10.2. The van der Waals surface area contributed by atoms with Crippen molar-refractivity contribution in [3.05, 3.63) is 53.0 Å². The number of carbonyl (C=O) groups is 1. The van der Waals surface area contributed by atoms with Gasteiger partial charge in [0, 0.05) is 10.2 Å². The van der Waals surface area contributed by atoms with Gasteiger partial charge in [-0.1, -0.05) is 38.3 Å². The number of halogens is 1. The maximum Gasteiger partial charge on any atom is 0.243 e. The molecule has 0 fully saturated rings. The number of nitrogens with one attached hydrogen (secondary N) is 2. The molecule has 134 valence electrons. The predicted molar refractivity (Wildman–Crippen MR) is 107 cm³/mol. The lowest BCUT2D eigenvalue weighted by Crippen LogP contribution is -2.21. The molecule has 5 heteroatoms. The highest BCUT2D eigenvalue weighted by Crippen LogP contribution is 2.21. The fourth-order valence-electron chi connectivity index (χ4n) is 2.33. The smallest absolute Gasteiger partial charge is 0.243 e. The minimum atomic E-state index is -0.0943. The van der Waals surface area contributed by atoms with Crippen molar-refractivity contribution < 1.29 is 9.53 Å². The van der Waals surface area contributed by atoms with E-state index < -0.39 is 0 Å². The fourth-order valence-corrected chi connectivity index (χ4v) is 2.71. The minimum absolute atomic E-state index is 0.0943. The Labute approximate surface area is 158 Å². The van der Waals surface area contributed by atoms with Gasteiger partial charge in [-0.25, -0.2) is 0 Å². The van der Waals surface area contributed by atoms with E-state index in [2.05, 4.69) is 33.5 Å². The second kappa shape index (κ2) is 10.8. The first-order chi connectivity index (χ1) is 12.2. The summed E-state index contributed by atoms with van der Waals surface area (Å²) in [5.74, 6) is 0.767. The van der Waals surface area contributed by atoms with Crippen molar-refractivity contribution in [2.45, 2.75) is 32.6 Å².